The van der Waals surface area contributed by atoms with E-state index in [0.29, 0.717) is 29.3 Å². The lowest BCUT2D eigenvalue weighted by Gasteiger charge is -2.13. The summed E-state index contributed by atoms with van der Waals surface area (Å²) in [5.41, 5.74) is 0.172. The first kappa shape index (κ1) is 26.7. The molecule has 38 heavy (non-hydrogen) atoms. The summed E-state index contributed by atoms with van der Waals surface area (Å²) in [6.45, 7) is 2.43. The highest BCUT2D eigenvalue weighted by Gasteiger charge is 2.30. The van der Waals surface area contributed by atoms with Crippen LogP contribution < -0.4 is 14.8 Å². The van der Waals surface area contributed by atoms with Crippen molar-refractivity contribution in [1.29, 1.82) is 5.26 Å². The van der Waals surface area contributed by atoms with Crippen LogP contribution in [-0.4, -0.2) is 33.9 Å². The summed E-state index contributed by atoms with van der Waals surface area (Å²) in [5.74, 6) is 1.40. The number of alkyl halides is 3. The van der Waals surface area contributed by atoms with Crippen molar-refractivity contribution in [2.75, 3.05) is 18.5 Å². The molecule has 1 aliphatic rings. The molecular weight excluding hydrogens is 499 g/mol. The van der Waals surface area contributed by atoms with Crippen LogP contribution in [0.15, 0.2) is 42.5 Å². The Bertz CT molecular complexity index is 1380. The molecule has 1 N–H and O–H groups in total. The molecule has 1 aliphatic heterocycles. The van der Waals surface area contributed by atoms with Crippen molar-refractivity contribution in [3.63, 3.8) is 0 Å². The lowest BCUT2D eigenvalue weighted by molar-refractivity contribution is -0.137. The number of nitriles is 1. The smallest absolute Gasteiger partial charge is 0.416 e. The van der Waals surface area contributed by atoms with Gasteiger partial charge in [-0.15, -0.1) is 10.2 Å². The van der Waals surface area contributed by atoms with E-state index in [4.69, 9.17) is 9.47 Å². The molecule has 0 unspecified atom stereocenters. The van der Waals surface area contributed by atoms with Crippen LogP contribution in [0.3, 0.4) is 0 Å². The number of halogens is 3. The van der Waals surface area contributed by atoms with Crippen LogP contribution in [-0.2, 0) is 23.9 Å². The van der Waals surface area contributed by atoms with Gasteiger partial charge in [-0.2, -0.15) is 18.4 Å². The van der Waals surface area contributed by atoms with Gasteiger partial charge in [-0.05, 0) is 61.7 Å². The zero-order valence-corrected chi connectivity index (χ0v) is 20.7. The predicted molar refractivity (Wildman–Crippen MR) is 134 cm³/mol. The average Bonchev–Trinajstić information content (AvgIpc) is 3.14. The first-order valence-electron chi connectivity index (χ1n) is 12.2. The number of amides is 1. The second kappa shape index (κ2) is 11.8. The van der Waals surface area contributed by atoms with Crippen LogP contribution >= 0.6 is 0 Å². The SMILES string of the molecule is CCOc1cc(C=C(C#N)c2nnc3n2CCCCC3)ccc1OCC(=O)Nc1cccc(C(F)(F)F)c1. The molecular formula is C27H26F3N5O3. The van der Waals surface area contributed by atoms with Crippen LogP contribution in [0.4, 0.5) is 18.9 Å². The summed E-state index contributed by atoms with van der Waals surface area (Å²) in [4.78, 5) is 12.3. The number of carbonyl (C=O) groups is 1. The second-order valence-electron chi connectivity index (χ2n) is 8.63. The summed E-state index contributed by atoms with van der Waals surface area (Å²) in [6, 6.07) is 11.6. The standard InChI is InChI=1S/C27H26F3N5O3/c1-2-37-23-14-18(13-19(16-31)26-34-33-24-9-4-3-5-12-35(24)26)10-11-22(23)38-17-25(36)32-21-8-6-7-20(15-21)27(28,29)30/h6-8,10-11,13-15H,2-5,9,12,17H2,1H3,(H,32,36). The van der Waals surface area contributed by atoms with Crippen molar-refractivity contribution >= 4 is 23.2 Å². The fraction of sp³-hybridized carbons (Fsp3) is 0.333. The molecule has 4 rings (SSSR count). The monoisotopic (exact) mass is 525 g/mol. The van der Waals surface area contributed by atoms with Gasteiger partial charge in [0, 0.05) is 18.7 Å². The maximum absolute atomic E-state index is 12.9. The van der Waals surface area contributed by atoms with Gasteiger partial charge in [0.2, 0.25) is 0 Å². The number of hydrogen-bond donors (Lipinski definition) is 1. The van der Waals surface area contributed by atoms with Crippen LogP contribution in [0.5, 0.6) is 11.5 Å². The van der Waals surface area contributed by atoms with E-state index in [9.17, 15) is 23.2 Å². The zero-order valence-electron chi connectivity index (χ0n) is 20.7. The number of aromatic nitrogens is 3. The number of carbonyl (C=O) groups excluding carboxylic acids is 1. The predicted octanol–water partition coefficient (Wildman–Crippen LogP) is 5.50. The highest BCUT2D eigenvalue weighted by atomic mass is 19.4. The molecule has 0 saturated heterocycles. The molecule has 0 saturated carbocycles. The van der Waals surface area contributed by atoms with Crippen molar-refractivity contribution in [3.8, 4) is 17.6 Å². The van der Waals surface area contributed by atoms with E-state index in [0.717, 1.165) is 50.2 Å². The van der Waals surface area contributed by atoms with E-state index in [1.54, 1.807) is 31.2 Å². The fourth-order valence-electron chi connectivity index (χ4n) is 4.11. The summed E-state index contributed by atoms with van der Waals surface area (Å²) in [5, 5.41) is 20.7. The Morgan fingerprint density at radius 2 is 1.97 bits per heavy atom. The minimum Gasteiger partial charge on any atom is -0.490 e. The maximum atomic E-state index is 12.9. The topological polar surface area (TPSA) is 102 Å². The van der Waals surface area contributed by atoms with Gasteiger partial charge in [-0.25, -0.2) is 0 Å². The Labute approximate surface area is 217 Å². The summed E-state index contributed by atoms with van der Waals surface area (Å²) < 4.78 is 52.0. The lowest BCUT2D eigenvalue weighted by Crippen LogP contribution is -2.20. The maximum Gasteiger partial charge on any atom is 0.416 e. The molecule has 1 aromatic heterocycles. The van der Waals surface area contributed by atoms with E-state index >= 15 is 0 Å². The third-order valence-corrected chi connectivity index (χ3v) is 5.88. The third-order valence-electron chi connectivity index (χ3n) is 5.88. The van der Waals surface area contributed by atoms with Crippen molar-refractivity contribution in [1.82, 2.24) is 14.8 Å². The van der Waals surface area contributed by atoms with Gasteiger partial charge in [0.1, 0.15) is 11.9 Å². The Hall–Kier alpha value is -4.33. The highest BCUT2D eigenvalue weighted by Crippen LogP contribution is 2.32. The minimum absolute atomic E-state index is 0.00865. The fourth-order valence-corrected chi connectivity index (χ4v) is 4.11. The van der Waals surface area contributed by atoms with Crippen molar-refractivity contribution in [3.05, 3.63) is 65.2 Å². The molecule has 0 bridgehead atoms. The molecule has 1 amide bonds. The number of benzene rings is 2. The normalized spacial score (nSPS) is 13.7. The number of ether oxygens (including phenoxy) is 2. The molecule has 198 valence electrons. The number of rotatable bonds is 8. The molecule has 0 fully saturated rings. The van der Waals surface area contributed by atoms with Gasteiger partial charge in [-0.1, -0.05) is 18.6 Å². The van der Waals surface area contributed by atoms with Crippen molar-refractivity contribution in [2.45, 2.75) is 45.3 Å². The number of anilines is 1. The quantitative estimate of drug-likeness (QED) is 0.390. The van der Waals surface area contributed by atoms with Crippen molar-refractivity contribution < 1.29 is 27.4 Å². The number of allylic oxidation sites excluding steroid dienone is 1. The number of aryl methyl sites for hydroxylation is 1. The van der Waals surface area contributed by atoms with Crippen LogP contribution in [0, 0.1) is 11.3 Å². The number of nitrogens with one attached hydrogen (secondary N) is 1. The molecule has 2 heterocycles. The Morgan fingerprint density at radius 3 is 2.74 bits per heavy atom. The Morgan fingerprint density at radius 1 is 1.13 bits per heavy atom. The van der Waals surface area contributed by atoms with E-state index in [-0.39, 0.29) is 11.4 Å². The van der Waals surface area contributed by atoms with Gasteiger partial charge in [0.05, 0.1) is 17.7 Å². The zero-order chi connectivity index (χ0) is 27.1. The van der Waals surface area contributed by atoms with E-state index in [1.165, 1.54) is 12.1 Å². The Balaban J connectivity index is 1.48. The molecule has 0 aliphatic carbocycles. The first-order valence-corrected chi connectivity index (χ1v) is 12.2. The van der Waals surface area contributed by atoms with E-state index in [1.807, 2.05) is 4.57 Å². The molecule has 0 atom stereocenters. The van der Waals surface area contributed by atoms with Crippen molar-refractivity contribution in [2.24, 2.45) is 0 Å². The summed E-state index contributed by atoms with van der Waals surface area (Å²) in [7, 11) is 0. The van der Waals surface area contributed by atoms with Gasteiger partial charge in [0.15, 0.2) is 23.9 Å². The average molecular weight is 526 g/mol. The molecule has 0 spiro atoms. The molecule has 0 radical (unpaired) electrons. The number of nitrogens with zero attached hydrogens (tertiary/aromatic N) is 4. The van der Waals surface area contributed by atoms with Gasteiger partial charge in [0.25, 0.3) is 5.91 Å². The second-order valence-corrected chi connectivity index (χ2v) is 8.63. The van der Waals surface area contributed by atoms with Gasteiger partial charge in [-0.3, -0.25) is 4.79 Å². The molecule has 2 aromatic carbocycles. The Kier molecular flexibility index (Phi) is 8.31. The number of fused-ring (bicyclic) bond motifs is 1. The molecule has 11 heteroatoms. The lowest BCUT2D eigenvalue weighted by atomic mass is 10.1. The van der Waals surface area contributed by atoms with Gasteiger partial charge >= 0.3 is 6.18 Å². The largest absolute Gasteiger partial charge is 0.490 e. The van der Waals surface area contributed by atoms with Gasteiger partial charge < -0.3 is 19.4 Å². The van der Waals surface area contributed by atoms with Crippen LogP contribution in [0.2, 0.25) is 0 Å². The van der Waals surface area contributed by atoms with E-state index in [2.05, 4.69) is 21.6 Å². The summed E-state index contributed by atoms with van der Waals surface area (Å²) >= 11 is 0. The van der Waals surface area contributed by atoms with Crippen LogP contribution in [0.1, 0.15) is 49.0 Å². The highest BCUT2D eigenvalue weighted by molar-refractivity contribution is 5.92. The first-order chi connectivity index (χ1) is 18.3. The molecule has 8 nitrogen and oxygen atoms in total. The third kappa shape index (κ3) is 6.51. The molecule has 3 aromatic rings. The number of hydrogen-bond acceptors (Lipinski definition) is 6. The minimum atomic E-state index is -4.52. The van der Waals surface area contributed by atoms with E-state index < -0.39 is 24.3 Å². The van der Waals surface area contributed by atoms with Crippen LogP contribution in [0.25, 0.3) is 11.6 Å². The summed E-state index contributed by atoms with van der Waals surface area (Å²) in [6.07, 6.45) is 1.14.